The average Bonchev–Trinajstić information content (AvgIpc) is 3.08. The molecule has 4 rings (SSSR count). The van der Waals surface area contributed by atoms with E-state index in [1.54, 1.807) is 19.9 Å². The molecular weight excluding hydrogens is 498 g/mol. The molecule has 0 saturated heterocycles. The van der Waals surface area contributed by atoms with Crippen LogP contribution in [0.15, 0.2) is 29.0 Å². The SMILES string of the molecule is CCC(=O)OCC(=O)[C@@]1(OC(=O)CC)[C@H](C)C[C@H]2[C@H]3[C@H]([C@@H](O)C[C@@]21C)[C@@]1(C)C=CC(=NO)C=C1C[C@H]3Cl. The average molecular weight is 536 g/mol. The third kappa shape index (κ3) is 4.06. The second-order valence-electron chi connectivity index (χ2n) is 11.6. The van der Waals surface area contributed by atoms with Crippen LogP contribution in [0.2, 0.25) is 0 Å². The lowest BCUT2D eigenvalue weighted by atomic mass is 9.46. The number of hydrogen-bond donors (Lipinski definition) is 2. The molecule has 0 bridgehead atoms. The lowest BCUT2D eigenvalue weighted by Crippen LogP contribution is -2.65. The van der Waals surface area contributed by atoms with Crippen LogP contribution < -0.4 is 0 Å². The van der Waals surface area contributed by atoms with E-state index in [1.165, 1.54) is 0 Å². The van der Waals surface area contributed by atoms with Gasteiger partial charge in [-0.2, -0.15) is 0 Å². The molecule has 9 heteroatoms. The number of oxime groups is 1. The van der Waals surface area contributed by atoms with Crippen LogP contribution in [0.1, 0.15) is 66.7 Å². The molecule has 2 N–H and O–H groups in total. The molecule has 4 aliphatic rings. The number of hydrogen-bond acceptors (Lipinski definition) is 8. The van der Waals surface area contributed by atoms with Crippen LogP contribution >= 0.6 is 11.6 Å². The van der Waals surface area contributed by atoms with Gasteiger partial charge in [-0.3, -0.25) is 14.4 Å². The highest BCUT2D eigenvalue weighted by Gasteiger charge is 2.73. The summed E-state index contributed by atoms with van der Waals surface area (Å²) in [4.78, 5) is 38.5. The molecule has 9 atom stereocenters. The van der Waals surface area contributed by atoms with E-state index in [2.05, 4.69) is 12.1 Å². The number of aliphatic hydroxyl groups is 1. The highest BCUT2D eigenvalue weighted by molar-refractivity contribution is 6.21. The molecule has 0 aromatic rings. The lowest BCUT2D eigenvalue weighted by molar-refractivity contribution is -0.205. The normalized spacial score (nSPS) is 43.3. The standard InChI is InChI=1S/C28H38ClNO7/c1-6-22(33)36-14-21(32)28(37-23(34)7-2)15(3)10-18-24-19(29)12-16-11-17(30-35)8-9-26(16,4)25(24)20(31)13-27(18,28)5/h8-9,11,15,18-20,24-25,31,35H,6-7,10,12-14H2,1-5H3/t15-,18+,19-,20+,24-,25+,26+,27+,28+/m1/s1. The quantitative estimate of drug-likeness (QED) is 0.226. The Hall–Kier alpha value is -2.19. The minimum absolute atomic E-state index is 0.0930. The number of fused-ring (bicyclic) bond motifs is 5. The molecule has 0 aliphatic heterocycles. The van der Waals surface area contributed by atoms with Gasteiger partial charge in [-0.25, -0.2) is 0 Å². The van der Waals surface area contributed by atoms with E-state index < -0.39 is 46.9 Å². The van der Waals surface area contributed by atoms with Gasteiger partial charge >= 0.3 is 11.9 Å². The Labute approximate surface area is 223 Å². The molecule has 0 radical (unpaired) electrons. The van der Waals surface area contributed by atoms with Crippen molar-refractivity contribution in [3.8, 4) is 0 Å². The maximum atomic E-state index is 13.9. The van der Waals surface area contributed by atoms with E-state index >= 15 is 0 Å². The topological polar surface area (TPSA) is 122 Å². The summed E-state index contributed by atoms with van der Waals surface area (Å²) in [6.45, 7) is 8.74. The predicted octanol–water partition coefficient (Wildman–Crippen LogP) is 4.20. The van der Waals surface area contributed by atoms with Crippen LogP contribution in [0.5, 0.6) is 0 Å². The van der Waals surface area contributed by atoms with Crippen molar-refractivity contribution in [3.63, 3.8) is 0 Å². The van der Waals surface area contributed by atoms with Crippen LogP contribution in [-0.4, -0.2) is 57.4 Å². The van der Waals surface area contributed by atoms with E-state index in [9.17, 15) is 24.7 Å². The van der Waals surface area contributed by atoms with Gasteiger partial charge in [0, 0.05) is 40.9 Å². The summed E-state index contributed by atoms with van der Waals surface area (Å²) in [5.41, 5.74) is -1.51. The Morgan fingerprint density at radius 1 is 1.19 bits per heavy atom. The fourth-order valence-electron chi connectivity index (χ4n) is 8.11. The summed E-state index contributed by atoms with van der Waals surface area (Å²) in [5, 5.41) is 24.1. The van der Waals surface area contributed by atoms with E-state index in [0.717, 1.165) is 5.57 Å². The smallest absolute Gasteiger partial charge is 0.306 e. The Morgan fingerprint density at radius 2 is 1.86 bits per heavy atom. The summed E-state index contributed by atoms with van der Waals surface area (Å²) in [5.74, 6) is -2.33. The molecule has 0 heterocycles. The number of ketones is 1. The van der Waals surface area contributed by atoms with Gasteiger partial charge < -0.3 is 19.8 Å². The molecule has 3 fully saturated rings. The number of ether oxygens (including phenoxy) is 2. The number of nitrogens with zero attached hydrogens (tertiary/aromatic N) is 1. The van der Waals surface area contributed by atoms with E-state index in [4.69, 9.17) is 21.1 Å². The number of aliphatic hydroxyl groups excluding tert-OH is 1. The Bertz CT molecular complexity index is 1070. The summed E-state index contributed by atoms with van der Waals surface area (Å²) in [7, 11) is 0. The first-order valence-electron chi connectivity index (χ1n) is 13.2. The minimum Gasteiger partial charge on any atom is -0.457 e. The Balaban J connectivity index is 1.79. The number of esters is 2. The van der Waals surface area contributed by atoms with Crippen molar-refractivity contribution in [3.05, 3.63) is 23.8 Å². The van der Waals surface area contributed by atoms with Gasteiger partial charge in [0.25, 0.3) is 0 Å². The van der Waals surface area contributed by atoms with Crippen LogP contribution in [0, 0.1) is 34.5 Å². The van der Waals surface area contributed by atoms with E-state index in [1.807, 2.05) is 26.0 Å². The number of rotatable bonds is 6. The zero-order valence-corrected chi connectivity index (χ0v) is 23.0. The summed E-state index contributed by atoms with van der Waals surface area (Å²) in [6.07, 6.45) is 6.32. The fraction of sp³-hybridized carbons (Fsp3) is 0.714. The number of carbonyl (C=O) groups is 3. The van der Waals surface area contributed by atoms with Crippen molar-refractivity contribution in [1.82, 2.24) is 0 Å². The first-order valence-corrected chi connectivity index (χ1v) is 13.7. The van der Waals surface area contributed by atoms with Gasteiger partial charge in [0.2, 0.25) is 5.78 Å². The minimum atomic E-state index is -1.54. The summed E-state index contributed by atoms with van der Waals surface area (Å²) < 4.78 is 11.3. The molecule has 8 nitrogen and oxygen atoms in total. The van der Waals surface area contributed by atoms with Crippen molar-refractivity contribution >= 4 is 35.0 Å². The van der Waals surface area contributed by atoms with Crippen LogP contribution in [0.25, 0.3) is 0 Å². The first-order chi connectivity index (χ1) is 17.4. The highest BCUT2D eigenvalue weighted by atomic mass is 35.5. The summed E-state index contributed by atoms with van der Waals surface area (Å²) in [6, 6.07) is 0. The molecule has 0 aromatic carbocycles. The zero-order valence-electron chi connectivity index (χ0n) is 22.2. The maximum absolute atomic E-state index is 13.9. The maximum Gasteiger partial charge on any atom is 0.306 e. The lowest BCUT2D eigenvalue weighted by Gasteiger charge is -2.61. The van der Waals surface area contributed by atoms with Gasteiger partial charge in [-0.05, 0) is 43.3 Å². The van der Waals surface area contributed by atoms with Gasteiger partial charge in [-0.1, -0.05) is 51.4 Å². The van der Waals surface area contributed by atoms with Gasteiger partial charge in [0.05, 0.1) is 6.10 Å². The van der Waals surface area contributed by atoms with Crippen LogP contribution in [-0.2, 0) is 23.9 Å². The van der Waals surface area contributed by atoms with Crippen molar-refractivity contribution < 1.29 is 34.2 Å². The Kier molecular flexibility index (Phi) is 7.40. The summed E-state index contributed by atoms with van der Waals surface area (Å²) >= 11 is 7.09. The number of Topliss-reactive ketones (excluding diaryl/α,β-unsaturated/α-hetero) is 1. The number of allylic oxidation sites excluding steroid dienone is 4. The Morgan fingerprint density at radius 3 is 2.49 bits per heavy atom. The van der Waals surface area contributed by atoms with Crippen LogP contribution in [0.3, 0.4) is 0 Å². The molecule has 4 aliphatic carbocycles. The number of alkyl halides is 1. The molecule has 204 valence electrons. The predicted molar refractivity (Wildman–Crippen MR) is 137 cm³/mol. The molecule has 0 spiro atoms. The van der Waals surface area contributed by atoms with Gasteiger partial charge in [0.1, 0.15) is 5.71 Å². The second kappa shape index (κ2) is 9.84. The molecule has 37 heavy (non-hydrogen) atoms. The molecule has 0 unspecified atom stereocenters. The largest absolute Gasteiger partial charge is 0.457 e. The monoisotopic (exact) mass is 535 g/mol. The molecular formula is C28H38ClNO7. The van der Waals surface area contributed by atoms with E-state index in [-0.39, 0.29) is 48.3 Å². The van der Waals surface area contributed by atoms with Gasteiger partial charge in [0.15, 0.2) is 12.2 Å². The molecule has 0 amide bonds. The van der Waals surface area contributed by atoms with Crippen molar-refractivity contribution in [2.75, 3.05) is 6.61 Å². The number of halogens is 1. The highest BCUT2D eigenvalue weighted by Crippen LogP contribution is 2.69. The third-order valence-electron chi connectivity index (χ3n) is 9.78. The fourth-order valence-corrected chi connectivity index (χ4v) is 8.61. The van der Waals surface area contributed by atoms with Crippen LogP contribution in [0.4, 0.5) is 0 Å². The second-order valence-corrected chi connectivity index (χ2v) is 12.1. The third-order valence-corrected chi connectivity index (χ3v) is 10.2. The van der Waals surface area contributed by atoms with E-state index in [0.29, 0.717) is 18.6 Å². The van der Waals surface area contributed by atoms with Crippen molar-refractivity contribution in [2.45, 2.75) is 83.8 Å². The van der Waals surface area contributed by atoms with Crippen molar-refractivity contribution in [2.24, 2.45) is 39.7 Å². The first kappa shape index (κ1) is 27.8. The molecule has 0 aromatic heterocycles. The zero-order chi connectivity index (χ0) is 27.3. The number of carbonyl (C=O) groups excluding carboxylic acids is 3. The molecule has 3 saturated carbocycles. The van der Waals surface area contributed by atoms with Crippen molar-refractivity contribution in [1.29, 1.82) is 0 Å². The van der Waals surface area contributed by atoms with Gasteiger partial charge in [-0.15, -0.1) is 11.6 Å².